The average Bonchev–Trinajstić information content (AvgIpc) is 2.84. The molecule has 0 aliphatic carbocycles. The molecule has 20 heavy (non-hydrogen) atoms. The number of hydrogen-bond acceptors (Lipinski definition) is 4. The van der Waals surface area contributed by atoms with Gasteiger partial charge in [-0.05, 0) is 37.0 Å². The van der Waals surface area contributed by atoms with E-state index >= 15 is 0 Å². The first-order valence-electron chi connectivity index (χ1n) is 6.90. The highest BCUT2D eigenvalue weighted by molar-refractivity contribution is 7.11. The quantitative estimate of drug-likeness (QED) is 0.908. The Morgan fingerprint density at radius 3 is 2.65 bits per heavy atom. The van der Waals surface area contributed by atoms with Crippen molar-refractivity contribution >= 4 is 11.3 Å². The molecule has 3 nitrogen and oxygen atoms in total. The van der Waals surface area contributed by atoms with E-state index in [1.807, 2.05) is 12.1 Å². The first kappa shape index (κ1) is 15.0. The van der Waals surface area contributed by atoms with Gasteiger partial charge in [0.15, 0.2) is 0 Å². The molecule has 1 aromatic heterocycles. The first-order valence-corrected chi connectivity index (χ1v) is 7.72. The van der Waals surface area contributed by atoms with Crippen molar-refractivity contribution in [1.82, 2.24) is 4.98 Å². The third-order valence-corrected chi connectivity index (χ3v) is 4.48. The molecule has 0 saturated carbocycles. The van der Waals surface area contributed by atoms with Crippen LogP contribution in [0.3, 0.4) is 0 Å². The van der Waals surface area contributed by atoms with Gasteiger partial charge in [0.1, 0.15) is 17.4 Å². The minimum absolute atomic E-state index is 0.402. The highest BCUT2D eigenvalue weighted by Crippen LogP contribution is 2.27. The molecule has 0 saturated heterocycles. The van der Waals surface area contributed by atoms with Crippen LogP contribution in [0.2, 0.25) is 0 Å². The highest BCUT2D eigenvalue weighted by Gasteiger charge is 2.13. The van der Waals surface area contributed by atoms with Crippen LogP contribution in [0.5, 0.6) is 5.75 Å². The molecule has 4 heteroatoms. The molecule has 0 atom stereocenters. The number of nitrogens with two attached hydrogens (primary N) is 1. The van der Waals surface area contributed by atoms with Gasteiger partial charge in [0.25, 0.3) is 0 Å². The largest absolute Gasteiger partial charge is 0.486 e. The molecule has 0 bridgehead atoms. The Bertz CT molecular complexity index is 590. The second-order valence-electron chi connectivity index (χ2n) is 5.26. The van der Waals surface area contributed by atoms with Crippen molar-refractivity contribution in [2.24, 2.45) is 5.73 Å². The number of thiazole rings is 1. The van der Waals surface area contributed by atoms with Crippen LogP contribution in [-0.2, 0) is 13.2 Å². The highest BCUT2D eigenvalue weighted by atomic mass is 32.1. The van der Waals surface area contributed by atoms with Crippen LogP contribution in [0.4, 0.5) is 0 Å². The Hall–Kier alpha value is -1.39. The Morgan fingerprint density at radius 2 is 2.05 bits per heavy atom. The zero-order valence-electron chi connectivity index (χ0n) is 12.6. The van der Waals surface area contributed by atoms with E-state index in [4.69, 9.17) is 10.5 Å². The zero-order valence-corrected chi connectivity index (χ0v) is 13.4. The van der Waals surface area contributed by atoms with Crippen LogP contribution in [0.25, 0.3) is 0 Å². The van der Waals surface area contributed by atoms with Crippen molar-refractivity contribution in [2.75, 3.05) is 0 Å². The fourth-order valence-corrected chi connectivity index (χ4v) is 3.11. The van der Waals surface area contributed by atoms with Gasteiger partial charge in [0.2, 0.25) is 0 Å². The third kappa shape index (κ3) is 3.19. The lowest BCUT2D eigenvalue weighted by atomic mass is 10.1. The summed E-state index contributed by atoms with van der Waals surface area (Å²) in [5, 5.41) is 0.995. The Kier molecular flexibility index (Phi) is 4.78. The van der Waals surface area contributed by atoms with Crippen LogP contribution in [-0.4, -0.2) is 4.98 Å². The van der Waals surface area contributed by atoms with E-state index in [1.54, 1.807) is 11.3 Å². The van der Waals surface area contributed by atoms with Crippen molar-refractivity contribution in [1.29, 1.82) is 0 Å². The Labute approximate surface area is 124 Å². The van der Waals surface area contributed by atoms with Crippen LogP contribution in [0.15, 0.2) is 18.2 Å². The third-order valence-electron chi connectivity index (χ3n) is 3.41. The van der Waals surface area contributed by atoms with Crippen molar-refractivity contribution in [3.05, 3.63) is 44.9 Å². The van der Waals surface area contributed by atoms with Gasteiger partial charge in [-0.3, -0.25) is 0 Å². The van der Waals surface area contributed by atoms with E-state index in [0.717, 1.165) is 16.5 Å². The molecule has 0 unspecified atom stereocenters. The van der Waals surface area contributed by atoms with Gasteiger partial charge in [-0.25, -0.2) is 4.98 Å². The minimum atomic E-state index is 0.402. The van der Waals surface area contributed by atoms with Gasteiger partial charge in [-0.1, -0.05) is 26.0 Å². The zero-order chi connectivity index (χ0) is 14.7. The maximum absolute atomic E-state index is 5.90. The monoisotopic (exact) mass is 290 g/mol. The summed E-state index contributed by atoms with van der Waals surface area (Å²) >= 11 is 1.66. The topological polar surface area (TPSA) is 48.1 Å². The maximum Gasteiger partial charge on any atom is 0.140 e. The number of rotatable bonds is 5. The van der Waals surface area contributed by atoms with E-state index in [0.29, 0.717) is 19.1 Å². The normalized spacial score (nSPS) is 11.1. The minimum Gasteiger partial charge on any atom is -0.486 e. The van der Waals surface area contributed by atoms with Gasteiger partial charge in [0, 0.05) is 11.4 Å². The summed E-state index contributed by atoms with van der Waals surface area (Å²) in [7, 11) is 0. The van der Waals surface area contributed by atoms with Crippen LogP contribution in [0.1, 0.15) is 46.5 Å². The molecule has 2 rings (SSSR count). The van der Waals surface area contributed by atoms with E-state index in [-0.39, 0.29) is 0 Å². The molecule has 0 fully saturated rings. The number of aryl methyl sites for hydroxylation is 1. The Morgan fingerprint density at radius 1 is 1.30 bits per heavy atom. The van der Waals surface area contributed by atoms with E-state index in [9.17, 15) is 0 Å². The molecule has 2 N–H and O–H groups in total. The predicted octanol–water partition coefficient (Wildman–Crippen LogP) is 3.92. The van der Waals surface area contributed by atoms with Crippen LogP contribution >= 0.6 is 11.3 Å². The van der Waals surface area contributed by atoms with Crippen molar-refractivity contribution in [3.8, 4) is 5.75 Å². The summed E-state index contributed by atoms with van der Waals surface area (Å²) in [4.78, 5) is 5.83. The van der Waals surface area contributed by atoms with E-state index in [2.05, 4.69) is 38.7 Å². The standard InChI is InChI=1S/C16H22N2OS/c1-10(2)16-14(8-17)20-15(18-16)9-19-13-7-5-6-11(3)12(13)4/h5-7,10H,8-9,17H2,1-4H3. The molecule has 1 aromatic carbocycles. The molecular formula is C16H22N2OS. The fraction of sp³-hybridized carbons (Fsp3) is 0.438. The first-order chi connectivity index (χ1) is 9.52. The second kappa shape index (κ2) is 6.37. The van der Waals surface area contributed by atoms with E-state index in [1.165, 1.54) is 16.0 Å². The lowest BCUT2D eigenvalue weighted by Gasteiger charge is -2.09. The van der Waals surface area contributed by atoms with Gasteiger partial charge < -0.3 is 10.5 Å². The number of hydrogen-bond donors (Lipinski definition) is 1. The molecule has 2 aromatic rings. The predicted molar refractivity (Wildman–Crippen MR) is 84.3 cm³/mol. The van der Waals surface area contributed by atoms with Gasteiger partial charge in [0.05, 0.1) is 5.69 Å². The fourth-order valence-electron chi connectivity index (χ4n) is 2.09. The smallest absolute Gasteiger partial charge is 0.140 e. The number of ether oxygens (including phenoxy) is 1. The number of nitrogens with zero attached hydrogens (tertiary/aromatic N) is 1. The lowest BCUT2D eigenvalue weighted by Crippen LogP contribution is -2.00. The summed E-state index contributed by atoms with van der Waals surface area (Å²) in [6.07, 6.45) is 0. The van der Waals surface area contributed by atoms with Gasteiger partial charge in [-0.2, -0.15) is 0 Å². The lowest BCUT2D eigenvalue weighted by molar-refractivity contribution is 0.303. The summed E-state index contributed by atoms with van der Waals surface area (Å²) < 4.78 is 5.90. The molecule has 0 aliphatic rings. The maximum atomic E-state index is 5.90. The molecule has 0 amide bonds. The second-order valence-corrected chi connectivity index (χ2v) is 6.43. The van der Waals surface area contributed by atoms with Gasteiger partial charge >= 0.3 is 0 Å². The molecule has 108 valence electrons. The SMILES string of the molecule is Cc1cccc(OCc2nc(C(C)C)c(CN)s2)c1C. The molecule has 0 aliphatic heterocycles. The Balaban J connectivity index is 2.13. The average molecular weight is 290 g/mol. The van der Waals surface area contributed by atoms with Crippen LogP contribution in [0, 0.1) is 13.8 Å². The number of aromatic nitrogens is 1. The van der Waals surface area contributed by atoms with Crippen molar-refractivity contribution in [3.63, 3.8) is 0 Å². The van der Waals surface area contributed by atoms with E-state index < -0.39 is 0 Å². The van der Waals surface area contributed by atoms with Crippen molar-refractivity contribution < 1.29 is 4.74 Å². The van der Waals surface area contributed by atoms with Gasteiger partial charge in [-0.15, -0.1) is 11.3 Å². The summed E-state index contributed by atoms with van der Waals surface area (Å²) in [5.74, 6) is 1.33. The number of benzene rings is 1. The van der Waals surface area contributed by atoms with Crippen LogP contribution < -0.4 is 10.5 Å². The molecule has 1 heterocycles. The summed E-state index contributed by atoms with van der Waals surface area (Å²) in [6.45, 7) is 9.52. The van der Waals surface area contributed by atoms with Crippen molar-refractivity contribution in [2.45, 2.75) is 46.8 Å². The summed E-state index contributed by atoms with van der Waals surface area (Å²) in [6, 6.07) is 6.11. The molecular weight excluding hydrogens is 268 g/mol. The molecule has 0 radical (unpaired) electrons. The molecule has 0 spiro atoms. The summed E-state index contributed by atoms with van der Waals surface area (Å²) in [5.41, 5.74) is 9.32.